The third-order valence-electron chi connectivity index (χ3n) is 3.79. The number of hydrogen-bond donors (Lipinski definition) is 2. The number of rotatable bonds is 8. The van der Waals surface area contributed by atoms with Crippen molar-refractivity contribution < 1.29 is 13.2 Å². The minimum absolute atomic E-state index is 0. The molecule has 0 fully saturated rings. The molecule has 7 nitrogen and oxygen atoms in total. The first-order chi connectivity index (χ1) is 11.7. The standard InChI is InChI=1S/C17H30N4O3S.HI/c1-7-18-17(21-13(3)8-9-25(6,22)23)20-11-15-14(4)16(24-5)12(2)10-19-15;/h10,13H,7-9,11H2,1-6H3,(H2,18,20,21);1H. The van der Waals surface area contributed by atoms with Gasteiger partial charge < -0.3 is 15.4 Å². The van der Waals surface area contributed by atoms with Gasteiger partial charge in [-0.25, -0.2) is 13.4 Å². The van der Waals surface area contributed by atoms with E-state index in [0.29, 0.717) is 25.5 Å². The van der Waals surface area contributed by atoms with Crippen molar-refractivity contribution >= 4 is 39.8 Å². The Bertz CT molecular complexity index is 708. The van der Waals surface area contributed by atoms with E-state index in [2.05, 4.69) is 20.6 Å². The summed E-state index contributed by atoms with van der Waals surface area (Å²) in [4.78, 5) is 9.01. The lowest BCUT2D eigenvalue weighted by Crippen LogP contribution is -2.42. The Hall–Kier alpha value is -1.10. The van der Waals surface area contributed by atoms with Gasteiger partial charge in [0.2, 0.25) is 0 Å². The van der Waals surface area contributed by atoms with Gasteiger partial charge in [0, 0.05) is 36.2 Å². The Morgan fingerprint density at radius 3 is 2.58 bits per heavy atom. The second kappa shape index (κ2) is 11.6. The van der Waals surface area contributed by atoms with E-state index in [1.54, 1.807) is 13.3 Å². The number of sulfone groups is 1. The molecule has 1 atom stereocenters. The molecule has 1 heterocycles. The number of nitrogens with zero attached hydrogens (tertiary/aromatic N) is 2. The van der Waals surface area contributed by atoms with Gasteiger partial charge in [-0.2, -0.15) is 0 Å². The number of hydrogen-bond acceptors (Lipinski definition) is 5. The molecular weight excluding hydrogens is 467 g/mol. The van der Waals surface area contributed by atoms with Crippen LogP contribution in [0.2, 0.25) is 0 Å². The van der Waals surface area contributed by atoms with Crippen molar-refractivity contribution in [1.82, 2.24) is 15.6 Å². The van der Waals surface area contributed by atoms with Crippen LogP contribution in [0.25, 0.3) is 0 Å². The van der Waals surface area contributed by atoms with Gasteiger partial charge in [0.05, 0.1) is 25.1 Å². The van der Waals surface area contributed by atoms with Crippen LogP contribution in [0.1, 0.15) is 37.1 Å². The Kier molecular flexibility index (Phi) is 11.1. The number of aliphatic imine (C=N–C) groups is 1. The zero-order valence-electron chi connectivity index (χ0n) is 16.4. The zero-order valence-corrected chi connectivity index (χ0v) is 19.6. The fraction of sp³-hybridized carbons (Fsp3) is 0.647. The van der Waals surface area contributed by atoms with Crippen LogP contribution >= 0.6 is 24.0 Å². The van der Waals surface area contributed by atoms with Crippen LogP contribution in [-0.4, -0.2) is 51.1 Å². The zero-order chi connectivity index (χ0) is 19.0. The molecule has 0 aliphatic heterocycles. The molecule has 0 spiro atoms. The maximum absolute atomic E-state index is 11.3. The molecule has 0 amide bonds. The lowest BCUT2D eigenvalue weighted by Gasteiger charge is -2.18. The molecule has 0 saturated carbocycles. The maximum Gasteiger partial charge on any atom is 0.191 e. The molecule has 0 bridgehead atoms. The predicted molar refractivity (Wildman–Crippen MR) is 117 cm³/mol. The molecule has 9 heteroatoms. The highest BCUT2D eigenvalue weighted by molar-refractivity contribution is 14.0. The molecular formula is C17H31IN4O3S. The summed E-state index contributed by atoms with van der Waals surface area (Å²) < 4.78 is 28.0. The number of nitrogens with one attached hydrogen (secondary N) is 2. The maximum atomic E-state index is 11.3. The molecule has 0 aliphatic carbocycles. The molecule has 150 valence electrons. The van der Waals surface area contributed by atoms with Gasteiger partial charge in [-0.1, -0.05) is 0 Å². The van der Waals surface area contributed by atoms with Crippen LogP contribution in [-0.2, 0) is 16.4 Å². The Morgan fingerprint density at radius 2 is 2.04 bits per heavy atom. The summed E-state index contributed by atoms with van der Waals surface area (Å²) in [5.41, 5.74) is 2.82. The Labute approximate surface area is 174 Å². The quantitative estimate of drug-likeness (QED) is 0.325. The van der Waals surface area contributed by atoms with Crippen LogP contribution in [0.4, 0.5) is 0 Å². The van der Waals surface area contributed by atoms with Gasteiger partial charge in [-0.05, 0) is 34.1 Å². The smallest absolute Gasteiger partial charge is 0.191 e. The summed E-state index contributed by atoms with van der Waals surface area (Å²) in [5.74, 6) is 1.63. The normalized spacial score (nSPS) is 12.9. The Morgan fingerprint density at radius 1 is 1.38 bits per heavy atom. The second-order valence-electron chi connectivity index (χ2n) is 6.21. The van der Waals surface area contributed by atoms with Crippen LogP contribution in [0, 0.1) is 13.8 Å². The molecule has 1 unspecified atom stereocenters. The van der Waals surface area contributed by atoms with E-state index >= 15 is 0 Å². The lowest BCUT2D eigenvalue weighted by molar-refractivity contribution is 0.407. The number of methoxy groups -OCH3 is 1. The largest absolute Gasteiger partial charge is 0.496 e. The van der Waals surface area contributed by atoms with Crippen molar-refractivity contribution in [3.63, 3.8) is 0 Å². The highest BCUT2D eigenvalue weighted by Gasteiger charge is 2.11. The number of aromatic nitrogens is 1. The van der Waals surface area contributed by atoms with E-state index in [1.807, 2.05) is 27.7 Å². The number of guanidine groups is 1. The molecule has 26 heavy (non-hydrogen) atoms. The number of halogens is 1. The molecule has 0 saturated heterocycles. The van der Waals surface area contributed by atoms with Gasteiger partial charge in [0.25, 0.3) is 0 Å². The summed E-state index contributed by atoms with van der Waals surface area (Å²) in [6.07, 6.45) is 3.56. The average Bonchev–Trinajstić information content (AvgIpc) is 2.52. The number of ether oxygens (including phenoxy) is 1. The predicted octanol–water partition coefficient (Wildman–Crippen LogP) is 2.20. The van der Waals surface area contributed by atoms with Crippen molar-refractivity contribution in [2.24, 2.45) is 4.99 Å². The highest BCUT2D eigenvalue weighted by atomic mass is 127. The number of aryl methyl sites for hydroxylation is 1. The van der Waals surface area contributed by atoms with Crippen molar-refractivity contribution in [2.45, 2.75) is 46.7 Å². The summed E-state index contributed by atoms with van der Waals surface area (Å²) in [6, 6.07) is -0.00543. The number of pyridine rings is 1. The summed E-state index contributed by atoms with van der Waals surface area (Å²) in [7, 11) is -1.31. The molecule has 0 aromatic carbocycles. The van der Waals surface area contributed by atoms with Crippen LogP contribution in [0.3, 0.4) is 0 Å². The molecule has 1 rings (SSSR count). The third kappa shape index (κ3) is 8.52. The van der Waals surface area contributed by atoms with Crippen molar-refractivity contribution in [1.29, 1.82) is 0 Å². The highest BCUT2D eigenvalue weighted by Crippen LogP contribution is 2.24. The van der Waals surface area contributed by atoms with E-state index in [-0.39, 0.29) is 35.8 Å². The minimum Gasteiger partial charge on any atom is -0.496 e. The molecule has 1 aromatic rings. The van der Waals surface area contributed by atoms with E-state index in [1.165, 1.54) is 6.26 Å². The lowest BCUT2D eigenvalue weighted by atomic mass is 10.1. The third-order valence-corrected chi connectivity index (χ3v) is 4.76. The topological polar surface area (TPSA) is 92.7 Å². The van der Waals surface area contributed by atoms with Gasteiger partial charge in [0.15, 0.2) is 5.96 Å². The summed E-state index contributed by atoms with van der Waals surface area (Å²) in [6.45, 7) is 8.98. The fourth-order valence-electron chi connectivity index (χ4n) is 2.40. The van der Waals surface area contributed by atoms with Gasteiger partial charge in [-0.3, -0.25) is 4.98 Å². The van der Waals surface area contributed by atoms with Gasteiger partial charge in [0.1, 0.15) is 15.6 Å². The monoisotopic (exact) mass is 498 g/mol. The van der Waals surface area contributed by atoms with Gasteiger partial charge >= 0.3 is 0 Å². The van der Waals surface area contributed by atoms with E-state index in [4.69, 9.17) is 4.74 Å². The first-order valence-corrected chi connectivity index (χ1v) is 10.5. The first-order valence-electron chi connectivity index (χ1n) is 8.39. The fourth-order valence-corrected chi connectivity index (χ4v) is 3.18. The van der Waals surface area contributed by atoms with Crippen LogP contribution < -0.4 is 15.4 Å². The minimum atomic E-state index is -2.96. The van der Waals surface area contributed by atoms with Crippen LogP contribution in [0.15, 0.2) is 11.2 Å². The molecule has 0 aliphatic rings. The average molecular weight is 498 g/mol. The van der Waals surface area contributed by atoms with Crippen molar-refractivity contribution in [2.75, 3.05) is 25.7 Å². The molecule has 0 radical (unpaired) electrons. The first kappa shape index (κ1) is 24.9. The molecule has 2 N–H and O–H groups in total. The van der Waals surface area contributed by atoms with Crippen molar-refractivity contribution in [3.8, 4) is 5.75 Å². The van der Waals surface area contributed by atoms with E-state index < -0.39 is 9.84 Å². The summed E-state index contributed by atoms with van der Waals surface area (Å²) >= 11 is 0. The van der Waals surface area contributed by atoms with Crippen LogP contribution in [0.5, 0.6) is 5.75 Å². The Balaban J connectivity index is 0.00000625. The van der Waals surface area contributed by atoms with Gasteiger partial charge in [-0.15, -0.1) is 24.0 Å². The second-order valence-corrected chi connectivity index (χ2v) is 8.47. The molecule has 1 aromatic heterocycles. The van der Waals surface area contributed by atoms with E-state index in [9.17, 15) is 8.42 Å². The SMILES string of the molecule is CCNC(=NCc1ncc(C)c(OC)c1C)NC(C)CCS(C)(=O)=O.I. The van der Waals surface area contributed by atoms with E-state index in [0.717, 1.165) is 22.6 Å². The van der Waals surface area contributed by atoms with Crippen molar-refractivity contribution in [3.05, 3.63) is 23.0 Å². The summed E-state index contributed by atoms with van der Waals surface area (Å²) in [5, 5.41) is 6.41.